The Bertz CT molecular complexity index is 1050. The minimum atomic E-state index is -0.503. The average molecular weight is 586 g/mol. The standard InChI is InChI=1S/C34H51NO7/c1-25(20-38-4)21-39-23-27-9-12-29(13-10-27)34-32(41-22-26(2)36)7-5-8-33(34)42-24-28-11-14-31-30(19-28)35(16-18-40-31)15-6-17-37-3/h9-14,19,25-26,32-34,36H,5-8,15-18,20-24H2,1-4H3/t25-,26-,32+,33-,34-/m0/s1. The number of aliphatic hydroxyl groups is 1. The number of aliphatic hydroxyl groups excluding tert-OH is 1. The van der Waals surface area contributed by atoms with Crippen LogP contribution in [0.2, 0.25) is 0 Å². The molecule has 1 aliphatic heterocycles. The molecule has 0 spiro atoms. The van der Waals surface area contributed by atoms with Crippen LogP contribution in [0.5, 0.6) is 5.75 Å². The lowest BCUT2D eigenvalue weighted by Gasteiger charge is -2.38. The Morgan fingerprint density at radius 2 is 1.67 bits per heavy atom. The molecular weight excluding hydrogens is 534 g/mol. The Balaban J connectivity index is 1.44. The van der Waals surface area contributed by atoms with Gasteiger partial charge in [0.1, 0.15) is 12.4 Å². The molecule has 1 aliphatic carbocycles. The van der Waals surface area contributed by atoms with Gasteiger partial charge in [0.25, 0.3) is 0 Å². The minimum Gasteiger partial charge on any atom is -0.490 e. The Kier molecular flexibility index (Phi) is 13.4. The molecule has 234 valence electrons. The van der Waals surface area contributed by atoms with E-state index in [1.165, 1.54) is 5.56 Å². The topological polar surface area (TPSA) is 78.9 Å². The van der Waals surface area contributed by atoms with E-state index >= 15 is 0 Å². The van der Waals surface area contributed by atoms with Crippen LogP contribution in [0.4, 0.5) is 5.69 Å². The Labute approximate surface area is 252 Å². The number of nitrogens with zero attached hydrogens (tertiary/aromatic N) is 1. The molecule has 0 amide bonds. The van der Waals surface area contributed by atoms with Crippen LogP contribution in [-0.4, -0.2) is 83.8 Å². The summed E-state index contributed by atoms with van der Waals surface area (Å²) in [5.74, 6) is 1.38. The molecule has 4 rings (SSSR count). The molecule has 0 aromatic heterocycles. The van der Waals surface area contributed by atoms with Crippen molar-refractivity contribution in [2.24, 2.45) is 5.92 Å². The molecule has 0 unspecified atom stereocenters. The van der Waals surface area contributed by atoms with Gasteiger partial charge >= 0.3 is 0 Å². The molecule has 42 heavy (non-hydrogen) atoms. The van der Waals surface area contributed by atoms with E-state index in [9.17, 15) is 5.11 Å². The zero-order valence-corrected chi connectivity index (χ0v) is 26.0. The lowest BCUT2D eigenvalue weighted by Crippen LogP contribution is -2.38. The first-order chi connectivity index (χ1) is 20.5. The van der Waals surface area contributed by atoms with Crippen LogP contribution in [0.3, 0.4) is 0 Å². The number of hydrogen-bond acceptors (Lipinski definition) is 8. The molecule has 8 nitrogen and oxygen atoms in total. The lowest BCUT2D eigenvalue weighted by molar-refractivity contribution is -0.0835. The number of fused-ring (bicyclic) bond motifs is 1. The van der Waals surface area contributed by atoms with Gasteiger partial charge in [0.2, 0.25) is 0 Å². The van der Waals surface area contributed by atoms with E-state index in [4.69, 9.17) is 28.4 Å². The summed E-state index contributed by atoms with van der Waals surface area (Å²) in [6, 6.07) is 15.1. The van der Waals surface area contributed by atoms with Crippen LogP contribution in [0.15, 0.2) is 42.5 Å². The molecule has 1 saturated carbocycles. The summed E-state index contributed by atoms with van der Waals surface area (Å²) in [7, 11) is 3.47. The molecule has 2 aliphatic rings. The van der Waals surface area contributed by atoms with E-state index in [0.29, 0.717) is 45.6 Å². The zero-order chi connectivity index (χ0) is 29.7. The summed E-state index contributed by atoms with van der Waals surface area (Å²) in [4.78, 5) is 2.38. The van der Waals surface area contributed by atoms with Crippen molar-refractivity contribution in [1.29, 1.82) is 0 Å². The number of rotatable bonds is 17. The molecule has 5 atom stereocenters. The van der Waals surface area contributed by atoms with Crippen LogP contribution in [0.25, 0.3) is 0 Å². The molecule has 0 radical (unpaired) electrons. The molecule has 1 N–H and O–H groups in total. The number of methoxy groups -OCH3 is 2. The maximum atomic E-state index is 9.94. The van der Waals surface area contributed by atoms with Crippen LogP contribution >= 0.6 is 0 Å². The number of ether oxygens (including phenoxy) is 6. The maximum Gasteiger partial charge on any atom is 0.142 e. The highest BCUT2D eigenvalue weighted by Gasteiger charge is 2.36. The molecule has 0 saturated heterocycles. The van der Waals surface area contributed by atoms with E-state index in [1.54, 1.807) is 21.1 Å². The lowest BCUT2D eigenvalue weighted by atomic mass is 9.79. The zero-order valence-electron chi connectivity index (χ0n) is 26.0. The number of benzene rings is 2. The van der Waals surface area contributed by atoms with Gasteiger partial charge in [-0.05, 0) is 61.4 Å². The summed E-state index contributed by atoms with van der Waals surface area (Å²) in [5.41, 5.74) is 4.61. The van der Waals surface area contributed by atoms with Crippen molar-refractivity contribution in [3.05, 3.63) is 59.2 Å². The van der Waals surface area contributed by atoms with Crippen molar-refractivity contribution in [3.63, 3.8) is 0 Å². The highest BCUT2D eigenvalue weighted by atomic mass is 16.5. The fourth-order valence-corrected chi connectivity index (χ4v) is 5.98. The second-order valence-corrected chi connectivity index (χ2v) is 11.8. The van der Waals surface area contributed by atoms with Crippen molar-refractivity contribution in [2.45, 2.75) is 77.0 Å². The largest absolute Gasteiger partial charge is 0.490 e. The minimum absolute atomic E-state index is 0.0106. The van der Waals surface area contributed by atoms with Gasteiger partial charge in [-0.15, -0.1) is 0 Å². The molecular formula is C34H51NO7. The molecule has 0 bridgehead atoms. The second-order valence-electron chi connectivity index (χ2n) is 11.8. The van der Waals surface area contributed by atoms with Crippen molar-refractivity contribution in [3.8, 4) is 5.75 Å². The SMILES string of the molecule is COCCCN1CCOc2ccc(CO[C@H]3CCC[C@@H](OC[C@H](C)O)[C@@H]3c3ccc(COC[C@@H](C)COC)cc3)cc21. The summed E-state index contributed by atoms with van der Waals surface area (Å²) < 4.78 is 35.3. The van der Waals surface area contributed by atoms with Gasteiger partial charge in [0.15, 0.2) is 0 Å². The van der Waals surface area contributed by atoms with E-state index in [1.807, 2.05) is 0 Å². The fraction of sp³-hybridized carbons (Fsp3) is 0.647. The van der Waals surface area contributed by atoms with Gasteiger partial charge < -0.3 is 38.4 Å². The summed E-state index contributed by atoms with van der Waals surface area (Å²) in [5, 5.41) is 9.94. The van der Waals surface area contributed by atoms with E-state index < -0.39 is 6.10 Å². The Morgan fingerprint density at radius 3 is 2.40 bits per heavy atom. The summed E-state index contributed by atoms with van der Waals surface area (Å²) >= 11 is 0. The molecule has 1 heterocycles. The van der Waals surface area contributed by atoms with Gasteiger partial charge in [-0.1, -0.05) is 37.3 Å². The van der Waals surface area contributed by atoms with Gasteiger partial charge in [0, 0.05) is 39.2 Å². The van der Waals surface area contributed by atoms with Gasteiger partial charge in [-0.3, -0.25) is 0 Å². The van der Waals surface area contributed by atoms with Crippen molar-refractivity contribution in [2.75, 3.05) is 65.2 Å². The van der Waals surface area contributed by atoms with Gasteiger partial charge in [-0.2, -0.15) is 0 Å². The molecule has 2 aromatic rings. The second kappa shape index (κ2) is 17.2. The van der Waals surface area contributed by atoms with Crippen LogP contribution in [-0.2, 0) is 36.9 Å². The molecule has 8 heteroatoms. The highest BCUT2D eigenvalue weighted by Crippen LogP contribution is 2.39. The highest BCUT2D eigenvalue weighted by molar-refractivity contribution is 5.61. The predicted octanol–water partition coefficient (Wildman–Crippen LogP) is 5.34. The molecule has 2 aromatic carbocycles. The van der Waals surface area contributed by atoms with Crippen LogP contribution in [0, 0.1) is 5.92 Å². The Hall–Kier alpha value is -2.20. The van der Waals surface area contributed by atoms with Crippen molar-refractivity contribution >= 4 is 5.69 Å². The van der Waals surface area contributed by atoms with Crippen molar-refractivity contribution < 1.29 is 33.5 Å². The van der Waals surface area contributed by atoms with Crippen LogP contribution < -0.4 is 9.64 Å². The third-order valence-electron chi connectivity index (χ3n) is 8.04. The third-order valence-corrected chi connectivity index (χ3v) is 8.04. The fourth-order valence-electron chi connectivity index (χ4n) is 5.98. The van der Waals surface area contributed by atoms with Gasteiger partial charge in [-0.25, -0.2) is 0 Å². The maximum absolute atomic E-state index is 9.94. The smallest absolute Gasteiger partial charge is 0.142 e. The van der Waals surface area contributed by atoms with E-state index in [0.717, 1.165) is 67.9 Å². The average Bonchev–Trinajstić information content (AvgIpc) is 2.99. The first-order valence-corrected chi connectivity index (χ1v) is 15.5. The monoisotopic (exact) mass is 585 g/mol. The van der Waals surface area contributed by atoms with E-state index in [2.05, 4.69) is 54.3 Å². The van der Waals surface area contributed by atoms with Gasteiger partial charge in [0.05, 0.1) is 63.6 Å². The molecule has 1 fully saturated rings. The quantitative estimate of drug-likeness (QED) is 0.249. The summed E-state index contributed by atoms with van der Waals surface area (Å²) in [6.07, 6.45) is 3.43. The van der Waals surface area contributed by atoms with Crippen LogP contribution in [0.1, 0.15) is 62.1 Å². The predicted molar refractivity (Wildman–Crippen MR) is 164 cm³/mol. The first-order valence-electron chi connectivity index (χ1n) is 15.5. The Morgan fingerprint density at radius 1 is 0.905 bits per heavy atom. The normalized spacial score (nSPS) is 21.9. The van der Waals surface area contributed by atoms with E-state index in [-0.39, 0.29) is 18.1 Å². The summed E-state index contributed by atoms with van der Waals surface area (Å²) in [6.45, 7) is 9.95. The third kappa shape index (κ3) is 9.66. The number of hydrogen-bond donors (Lipinski definition) is 1. The first kappa shape index (κ1) is 32.7. The number of anilines is 1. The van der Waals surface area contributed by atoms with Crippen molar-refractivity contribution in [1.82, 2.24) is 0 Å².